The fourth-order valence-corrected chi connectivity index (χ4v) is 4.50. The Morgan fingerprint density at radius 3 is 2.53 bits per heavy atom. The van der Waals surface area contributed by atoms with E-state index >= 15 is 0 Å². The average molecular weight is 533 g/mol. The summed E-state index contributed by atoms with van der Waals surface area (Å²) >= 11 is 1.12. The molecule has 2 heterocycles. The quantitative estimate of drug-likeness (QED) is 0.200. The number of nitrogens with two attached hydrogens (primary N) is 1. The van der Waals surface area contributed by atoms with Crippen LogP contribution in [0.4, 0.5) is 14.5 Å². The molecular formula is C27H22F2N6O2S. The number of nitrogens with one attached hydrogen (secondary N) is 1. The minimum atomic E-state index is -2.91. The lowest BCUT2D eigenvalue weighted by molar-refractivity contribution is -0.113. The fraction of sp³-hybridized carbons (Fsp3) is 0.111. The van der Waals surface area contributed by atoms with Gasteiger partial charge >= 0.3 is 6.61 Å². The third-order valence-corrected chi connectivity index (χ3v) is 6.61. The topological polar surface area (TPSA) is 108 Å². The normalized spacial score (nSPS) is 11.2. The van der Waals surface area contributed by atoms with Crippen LogP contribution in [0.1, 0.15) is 5.56 Å². The summed E-state index contributed by atoms with van der Waals surface area (Å²) in [5.41, 5.74) is 4.90. The van der Waals surface area contributed by atoms with E-state index in [2.05, 4.69) is 20.3 Å². The molecule has 0 radical (unpaired) electrons. The van der Waals surface area contributed by atoms with Crippen LogP contribution in [0.3, 0.4) is 0 Å². The van der Waals surface area contributed by atoms with Crippen molar-refractivity contribution in [3.05, 3.63) is 84.4 Å². The summed E-state index contributed by atoms with van der Waals surface area (Å²) in [5.74, 6) is 6.51. The van der Waals surface area contributed by atoms with Crippen LogP contribution in [0, 0.1) is 6.92 Å². The van der Waals surface area contributed by atoms with Crippen LogP contribution in [0.5, 0.6) is 5.75 Å². The number of aryl methyl sites for hydroxylation is 1. The molecule has 0 unspecified atom stereocenters. The number of aromatic nitrogens is 4. The first-order valence-electron chi connectivity index (χ1n) is 11.5. The lowest BCUT2D eigenvalue weighted by Gasteiger charge is -2.10. The fourth-order valence-electron chi connectivity index (χ4n) is 3.84. The van der Waals surface area contributed by atoms with Crippen LogP contribution in [0.2, 0.25) is 0 Å². The van der Waals surface area contributed by atoms with E-state index in [9.17, 15) is 13.6 Å². The third-order valence-electron chi connectivity index (χ3n) is 5.66. The molecular weight excluding hydrogens is 510 g/mol. The van der Waals surface area contributed by atoms with E-state index in [1.54, 1.807) is 0 Å². The molecule has 0 bridgehead atoms. The molecule has 2 aromatic heterocycles. The van der Waals surface area contributed by atoms with Gasteiger partial charge < -0.3 is 15.9 Å². The number of fused-ring (bicyclic) bond motifs is 1. The van der Waals surface area contributed by atoms with Crippen LogP contribution < -0.4 is 15.9 Å². The van der Waals surface area contributed by atoms with Crippen LogP contribution in [0.15, 0.2) is 84.0 Å². The summed E-state index contributed by atoms with van der Waals surface area (Å²) in [6.07, 6.45) is 0. The molecule has 0 aliphatic rings. The van der Waals surface area contributed by atoms with Crippen molar-refractivity contribution >= 4 is 34.3 Å². The number of carbonyl (C=O) groups is 1. The Kier molecular flexibility index (Phi) is 7.18. The van der Waals surface area contributed by atoms with Gasteiger partial charge in [-0.1, -0.05) is 59.8 Å². The number of rotatable bonds is 8. The number of anilines is 1. The summed E-state index contributed by atoms with van der Waals surface area (Å²) in [5, 5.41) is 12.4. The van der Waals surface area contributed by atoms with E-state index in [-0.39, 0.29) is 17.4 Å². The Balaban J connectivity index is 1.35. The van der Waals surface area contributed by atoms with Crippen molar-refractivity contribution in [1.82, 2.24) is 19.9 Å². The number of halogens is 2. The van der Waals surface area contributed by atoms with Crippen molar-refractivity contribution in [3.63, 3.8) is 0 Å². The standard InChI is InChI=1S/C27H22F2N6O2S/c1-16-6-8-17(9-7-16)23-14-21(20-4-2-3-5-22(20)32-23)25-33-34-27(35(25)30)38-15-24(36)31-18-10-12-19(13-11-18)37-26(28)29/h2-14,26H,15,30H2,1H3,(H,31,36). The number of para-hydroxylation sites is 1. The van der Waals surface area contributed by atoms with E-state index in [0.29, 0.717) is 16.7 Å². The first kappa shape index (κ1) is 25.2. The number of thioether (sulfide) groups is 1. The molecule has 0 saturated heterocycles. The van der Waals surface area contributed by atoms with Gasteiger partial charge in [0.15, 0.2) is 5.82 Å². The highest BCUT2D eigenvalue weighted by molar-refractivity contribution is 7.99. The molecule has 5 aromatic rings. The van der Waals surface area contributed by atoms with Crippen molar-refractivity contribution in [2.24, 2.45) is 0 Å². The van der Waals surface area contributed by atoms with Gasteiger partial charge in [0.1, 0.15) is 5.75 Å². The number of nitrogen functional groups attached to an aromatic ring is 1. The maximum atomic E-state index is 12.4. The van der Waals surface area contributed by atoms with Gasteiger partial charge in [-0.05, 0) is 43.3 Å². The van der Waals surface area contributed by atoms with E-state index < -0.39 is 6.61 Å². The number of carbonyl (C=O) groups excluding carboxylic acids is 1. The largest absolute Gasteiger partial charge is 0.435 e. The summed E-state index contributed by atoms with van der Waals surface area (Å²) in [7, 11) is 0. The minimum Gasteiger partial charge on any atom is -0.435 e. The highest BCUT2D eigenvalue weighted by Gasteiger charge is 2.18. The van der Waals surface area contributed by atoms with Crippen molar-refractivity contribution < 1.29 is 18.3 Å². The monoisotopic (exact) mass is 532 g/mol. The molecule has 192 valence electrons. The first-order chi connectivity index (χ1) is 18.4. The number of hydrogen-bond donors (Lipinski definition) is 2. The molecule has 3 N–H and O–H groups in total. The van der Waals surface area contributed by atoms with Crippen molar-refractivity contribution in [3.8, 4) is 28.4 Å². The summed E-state index contributed by atoms with van der Waals surface area (Å²) in [6, 6.07) is 23.4. The van der Waals surface area contributed by atoms with Crippen LogP contribution in [0.25, 0.3) is 33.5 Å². The number of alkyl halides is 2. The molecule has 0 aliphatic carbocycles. The smallest absolute Gasteiger partial charge is 0.387 e. The van der Waals surface area contributed by atoms with Crippen molar-refractivity contribution in [2.75, 3.05) is 16.9 Å². The molecule has 0 spiro atoms. The van der Waals surface area contributed by atoms with Gasteiger partial charge in [0.05, 0.1) is 17.0 Å². The number of amides is 1. The second-order valence-corrected chi connectivity index (χ2v) is 9.30. The highest BCUT2D eigenvalue weighted by atomic mass is 32.2. The Morgan fingerprint density at radius 2 is 1.79 bits per heavy atom. The molecule has 0 saturated carbocycles. The first-order valence-corrected chi connectivity index (χ1v) is 12.5. The lowest BCUT2D eigenvalue weighted by atomic mass is 10.0. The van der Waals surface area contributed by atoms with Gasteiger partial charge in [0.2, 0.25) is 11.1 Å². The number of benzene rings is 3. The van der Waals surface area contributed by atoms with Crippen molar-refractivity contribution in [1.29, 1.82) is 0 Å². The highest BCUT2D eigenvalue weighted by Crippen LogP contribution is 2.32. The molecule has 38 heavy (non-hydrogen) atoms. The molecule has 8 nitrogen and oxygen atoms in total. The number of pyridine rings is 1. The zero-order valence-electron chi connectivity index (χ0n) is 20.1. The van der Waals surface area contributed by atoms with Gasteiger partial charge in [0.25, 0.3) is 0 Å². The van der Waals surface area contributed by atoms with E-state index in [0.717, 1.165) is 45.0 Å². The zero-order valence-corrected chi connectivity index (χ0v) is 21.0. The van der Waals surface area contributed by atoms with E-state index in [1.807, 2.05) is 61.5 Å². The van der Waals surface area contributed by atoms with Gasteiger partial charge in [-0.3, -0.25) is 4.79 Å². The van der Waals surface area contributed by atoms with Crippen LogP contribution in [-0.4, -0.2) is 38.1 Å². The minimum absolute atomic E-state index is 0.00492. The SMILES string of the molecule is Cc1ccc(-c2cc(-c3nnc(SCC(=O)Nc4ccc(OC(F)F)cc4)n3N)c3ccccc3n2)cc1. The summed E-state index contributed by atoms with van der Waals surface area (Å²) < 4.78 is 30.3. The van der Waals surface area contributed by atoms with Crippen LogP contribution >= 0.6 is 11.8 Å². The van der Waals surface area contributed by atoms with Gasteiger partial charge in [-0.2, -0.15) is 8.78 Å². The number of nitrogens with zero attached hydrogens (tertiary/aromatic N) is 4. The Morgan fingerprint density at radius 1 is 1.05 bits per heavy atom. The molecule has 0 fully saturated rings. The van der Waals surface area contributed by atoms with Crippen LogP contribution in [-0.2, 0) is 4.79 Å². The number of hydrogen-bond acceptors (Lipinski definition) is 7. The second-order valence-electron chi connectivity index (χ2n) is 8.35. The van der Waals surface area contributed by atoms with E-state index in [1.165, 1.54) is 28.9 Å². The molecule has 0 atom stereocenters. The predicted octanol–water partition coefficient (Wildman–Crippen LogP) is 5.51. The molecule has 3 aromatic carbocycles. The summed E-state index contributed by atoms with van der Waals surface area (Å²) in [6.45, 7) is -0.884. The second kappa shape index (κ2) is 10.9. The number of ether oxygens (including phenoxy) is 1. The van der Waals surface area contributed by atoms with Crippen molar-refractivity contribution in [2.45, 2.75) is 18.7 Å². The van der Waals surface area contributed by atoms with Gasteiger partial charge in [-0.15, -0.1) is 10.2 Å². The molecule has 5 rings (SSSR count). The van der Waals surface area contributed by atoms with E-state index in [4.69, 9.17) is 10.8 Å². The average Bonchev–Trinajstić information content (AvgIpc) is 3.28. The molecule has 11 heteroatoms. The summed E-state index contributed by atoms with van der Waals surface area (Å²) in [4.78, 5) is 17.3. The van der Waals surface area contributed by atoms with Gasteiger partial charge in [-0.25, -0.2) is 9.66 Å². The maximum absolute atomic E-state index is 12.4. The molecule has 0 aliphatic heterocycles. The van der Waals surface area contributed by atoms with Gasteiger partial charge in [0, 0.05) is 22.2 Å². The predicted molar refractivity (Wildman–Crippen MR) is 144 cm³/mol. The zero-order chi connectivity index (χ0) is 26.6. The Bertz CT molecular complexity index is 1590. The lowest BCUT2D eigenvalue weighted by Crippen LogP contribution is -2.16. The Labute approximate surface area is 220 Å². The molecule has 1 amide bonds. The third kappa shape index (κ3) is 5.57. The maximum Gasteiger partial charge on any atom is 0.387 e. The Hall–Kier alpha value is -4.51.